The molecule has 0 spiro atoms. The number of rotatable bonds is 5. The van der Waals surface area contributed by atoms with Gasteiger partial charge in [-0.2, -0.15) is 0 Å². The van der Waals surface area contributed by atoms with E-state index in [0.29, 0.717) is 12.8 Å². The maximum atomic E-state index is 9.90. The minimum atomic E-state index is -0.870. The molecular formula is C16H18O4. The minimum Gasteiger partial charge on any atom is -0.481 e. The number of unbranched alkanes of at least 4 members (excludes halogenated alkanes) is 1. The molecule has 0 aliphatic carbocycles. The zero-order valence-electron chi connectivity index (χ0n) is 11.2. The van der Waals surface area contributed by atoms with Gasteiger partial charge in [-0.1, -0.05) is 48.5 Å². The second kappa shape index (κ2) is 8.69. The molecule has 4 heteroatoms. The number of hydrogen-bond donors (Lipinski definition) is 2. The van der Waals surface area contributed by atoms with E-state index in [9.17, 15) is 9.59 Å². The lowest BCUT2D eigenvalue weighted by atomic mass is 10.1. The molecule has 2 aromatic carbocycles. The summed E-state index contributed by atoms with van der Waals surface area (Å²) in [4.78, 5) is 19.8. The predicted molar refractivity (Wildman–Crippen MR) is 77.7 cm³/mol. The van der Waals surface area contributed by atoms with Crippen LogP contribution in [-0.2, 0) is 9.59 Å². The summed E-state index contributed by atoms with van der Waals surface area (Å²) in [5.74, 6) is -1.74. The van der Waals surface area contributed by atoms with Crippen LogP contribution in [0.3, 0.4) is 0 Å². The summed E-state index contributed by atoms with van der Waals surface area (Å²) in [6, 6.07) is 16.7. The standard InChI is InChI=1S/C10H8.C6H10O4/c1-2-6-10-8-4-3-7-9(10)5-1;7-5(8)3-1-2-4-6(9)10/h1-8H;1-4H2,(H,7,8)(H,9,10). The quantitative estimate of drug-likeness (QED) is 0.817. The molecule has 0 atom stereocenters. The van der Waals surface area contributed by atoms with Gasteiger partial charge in [0.25, 0.3) is 0 Å². The van der Waals surface area contributed by atoms with Crippen LogP contribution in [0.2, 0.25) is 0 Å². The molecule has 2 aromatic rings. The SMILES string of the molecule is O=C(O)CCCCC(=O)O.c1ccc2ccccc2c1. The topological polar surface area (TPSA) is 74.6 Å². The lowest BCUT2D eigenvalue weighted by Gasteiger charge is -1.92. The Balaban J connectivity index is 0.000000200. The van der Waals surface area contributed by atoms with Crippen LogP contribution in [0.1, 0.15) is 25.7 Å². The average Bonchev–Trinajstić information content (AvgIpc) is 2.44. The van der Waals surface area contributed by atoms with Gasteiger partial charge < -0.3 is 10.2 Å². The average molecular weight is 274 g/mol. The van der Waals surface area contributed by atoms with Gasteiger partial charge in [-0.25, -0.2) is 0 Å². The first kappa shape index (κ1) is 15.7. The molecule has 0 aromatic heterocycles. The molecule has 0 fully saturated rings. The predicted octanol–water partition coefficient (Wildman–Crippen LogP) is 3.56. The van der Waals surface area contributed by atoms with Gasteiger partial charge in [-0.15, -0.1) is 0 Å². The molecule has 4 nitrogen and oxygen atoms in total. The van der Waals surface area contributed by atoms with Crippen molar-refractivity contribution in [2.24, 2.45) is 0 Å². The van der Waals surface area contributed by atoms with E-state index in [-0.39, 0.29) is 12.8 Å². The van der Waals surface area contributed by atoms with E-state index in [0.717, 1.165) is 0 Å². The van der Waals surface area contributed by atoms with Crippen molar-refractivity contribution in [1.29, 1.82) is 0 Å². The zero-order chi connectivity index (χ0) is 14.8. The van der Waals surface area contributed by atoms with Crippen LogP contribution < -0.4 is 0 Å². The maximum absolute atomic E-state index is 9.90. The van der Waals surface area contributed by atoms with Crippen LogP contribution in [0.5, 0.6) is 0 Å². The number of hydrogen-bond acceptors (Lipinski definition) is 2. The fourth-order valence-electron chi connectivity index (χ4n) is 1.69. The van der Waals surface area contributed by atoms with Crippen molar-refractivity contribution in [3.05, 3.63) is 48.5 Å². The van der Waals surface area contributed by atoms with Gasteiger partial charge in [0.2, 0.25) is 0 Å². The second-order valence-corrected chi connectivity index (χ2v) is 4.34. The summed E-state index contributed by atoms with van der Waals surface area (Å²) in [6.45, 7) is 0. The van der Waals surface area contributed by atoms with Crippen molar-refractivity contribution in [2.75, 3.05) is 0 Å². The molecule has 0 amide bonds. The van der Waals surface area contributed by atoms with Gasteiger partial charge in [0.1, 0.15) is 0 Å². The van der Waals surface area contributed by atoms with Crippen LogP contribution in [0.4, 0.5) is 0 Å². The number of benzene rings is 2. The Morgan fingerprint density at radius 2 is 1.00 bits per heavy atom. The van der Waals surface area contributed by atoms with Gasteiger partial charge in [-0.3, -0.25) is 9.59 Å². The zero-order valence-corrected chi connectivity index (χ0v) is 11.2. The summed E-state index contributed by atoms with van der Waals surface area (Å²) < 4.78 is 0. The van der Waals surface area contributed by atoms with Crippen molar-refractivity contribution in [1.82, 2.24) is 0 Å². The van der Waals surface area contributed by atoms with Crippen LogP contribution >= 0.6 is 0 Å². The van der Waals surface area contributed by atoms with Crippen molar-refractivity contribution in [3.63, 3.8) is 0 Å². The first-order valence-corrected chi connectivity index (χ1v) is 6.47. The summed E-state index contributed by atoms with van der Waals surface area (Å²) in [5.41, 5.74) is 0. The third-order valence-electron chi connectivity index (χ3n) is 2.69. The second-order valence-electron chi connectivity index (χ2n) is 4.34. The van der Waals surface area contributed by atoms with Gasteiger partial charge in [0.15, 0.2) is 0 Å². The third kappa shape index (κ3) is 6.54. The highest BCUT2D eigenvalue weighted by molar-refractivity contribution is 5.82. The Morgan fingerprint density at radius 3 is 1.25 bits per heavy atom. The molecule has 2 rings (SSSR count). The normalized spacial score (nSPS) is 9.60. The summed E-state index contributed by atoms with van der Waals surface area (Å²) >= 11 is 0. The highest BCUT2D eigenvalue weighted by Crippen LogP contribution is 2.11. The van der Waals surface area contributed by atoms with Crippen LogP contribution in [0, 0.1) is 0 Å². The first-order valence-electron chi connectivity index (χ1n) is 6.47. The molecule has 0 aliphatic rings. The molecule has 0 saturated heterocycles. The van der Waals surface area contributed by atoms with E-state index >= 15 is 0 Å². The highest BCUT2D eigenvalue weighted by Gasteiger charge is 1.99. The summed E-state index contributed by atoms with van der Waals surface area (Å²) in [5, 5.41) is 18.9. The number of carboxylic acids is 2. The fourth-order valence-corrected chi connectivity index (χ4v) is 1.69. The maximum Gasteiger partial charge on any atom is 0.303 e. The minimum absolute atomic E-state index is 0.0628. The Morgan fingerprint density at radius 1 is 0.700 bits per heavy atom. The number of aliphatic carboxylic acids is 2. The molecule has 2 N–H and O–H groups in total. The fraction of sp³-hybridized carbons (Fsp3) is 0.250. The Bertz CT molecular complexity index is 482. The Kier molecular flexibility index (Phi) is 6.82. The van der Waals surface area contributed by atoms with Crippen molar-refractivity contribution >= 4 is 22.7 Å². The molecule has 0 saturated carbocycles. The molecule has 0 unspecified atom stereocenters. The Labute approximate surface area is 117 Å². The molecule has 0 radical (unpaired) electrons. The van der Waals surface area contributed by atoms with Crippen molar-refractivity contribution in [3.8, 4) is 0 Å². The molecule has 0 bridgehead atoms. The molecule has 0 aliphatic heterocycles. The van der Waals surface area contributed by atoms with Gasteiger partial charge >= 0.3 is 11.9 Å². The van der Waals surface area contributed by atoms with Crippen LogP contribution in [0.25, 0.3) is 10.8 Å². The largest absolute Gasteiger partial charge is 0.481 e. The third-order valence-corrected chi connectivity index (χ3v) is 2.69. The Hall–Kier alpha value is -2.36. The molecule has 20 heavy (non-hydrogen) atoms. The molecule has 0 heterocycles. The van der Waals surface area contributed by atoms with E-state index in [4.69, 9.17) is 10.2 Å². The van der Waals surface area contributed by atoms with E-state index in [1.54, 1.807) is 0 Å². The van der Waals surface area contributed by atoms with E-state index in [1.807, 2.05) is 0 Å². The van der Waals surface area contributed by atoms with Gasteiger partial charge in [-0.05, 0) is 23.6 Å². The van der Waals surface area contributed by atoms with Gasteiger partial charge in [0.05, 0.1) is 0 Å². The number of carboxylic acid groups (broad SMARTS) is 2. The number of fused-ring (bicyclic) bond motifs is 1. The number of carbonyl (C=O) groups is 2. The summed E-state index contributed by atoms with van der Waals surface area (Å²) in [6.07, 6.45) is 1.02. The van der Waals surface area contributed by atoms with Gasteiger partial charge in [0, 0.05) is 12.8 Å². The first-order chi connectivity index (χ1) is 9.59. The van der Waals surface area contributed by atoms with Crippen LogP contribution in [0.15, 0.2) is 48.5 Å². The molecular weight excluding hydrogens is 256 g/mol. The van der Waals surface area contributed by atoms with E-state index in [2.05, 4.69) is 48.5 Å². The van der Waals surface area contributed by atoms with Crippen molar-refractivity contribution in [2.45, 2.75) is 25.7 Å². The lowest BCUT2D eigenvalue weighted by Crippen LogP contribution is -1.97. The summed E-state index contributed by atoms with van der Waals surface area (Å²) in [7, 11) is 0. The highest BCUT2D eigenvalue weighted by atomic mass is 16.4. The monoisotopic (exact) mass is 274 g/mol. The van der Waals surface area contributed by atoms with Crippen LogP contribution in [-0.4, -0.2) is 22.2 Å². The van der Waals surface area contributed by atoms with E-state index in [1.165, 1.54) is 10.8 Å². The molecule has 106 valence electrons. The van der Waals surface area contributed by atoms with Crippen molar-refractivity contribution < 1.29 is 19.8 Å². The van der Waals surface area contributed by atoms with E-state index < -0.39 is 11.9 Å². The smallest absolute Gasteiger partial charge is 0.303 e. The lowest BCUT2D eigenvalue weighted by molar-refractivity contribution is -0.139.